The third kappa shape index (κ3) is 1.87. The highest BCUT2D eigenvalue weighted by atomic mass is 35.5. The molecule has 0 fully saturated rings. The summed E-state index contributed by atoms with van der Waals surface area (Å²) >= 11 is 7.06. The smallest absolute Gasteiger partial charge is 0.161 e. The van der Waals surface area contributed by atoms with Crippen LogP contribution in [0.4, 0.5) is 0 Å². The highest BCUT2D eigenvalue weighted by Gasteiger charge is 2.12. The summed E-state index contributed by atoms with van der Waals surface area (Å²) in [6, 6.07) is 10.0. The van der Waals surface area contributed by atoms with E-state index in [9.17, 15) is 0 Å². The number of aryl methyl sites for hydroxylation is 1. The van der Waals surface area contributed by atoms with Crippen molar-refractivity contribution in [2.24, 2.45) is 0 Å². The lowest BCUT2D eigenvalue weighted by Crippen LogP contribution is -1.78. The zero-order chi connectivity index (χ0) is 10.8. The van der Waals surface area contributed by atoms with Gasteiger partial charge in [-0.15, -0.1) is 0 Å². The van der Waals surface area contributed by atoms with Gasteiger partial charge < -0.3 is 0 Å². The fraction of sp³-hybridized carbons (Fsp3) is 0.0909. The first-order valence-electron chi connectivity index (χ1n) is 4.34. The highest BCUT2D eigenvalue weighted by Crippen LogP contribution is 2.32. The first-order chi connectivity index (χ1) is 7.22. The molecule has 0 N–H and O–H groups in total. The Morgan fingerprint density at radius 3 is 2.60 bits per heavy atom. The first-order valence-corrected chi connectivity index (χ1v) is 5.50. The van der Waals surface area contributed by atoms with Gasteiger partial charge in [0, 0.05) is 0 Å². The number of hydrogen-bond acceptors (Lipinski definition) is 3. The minimum atomic E-state index is 0.290. The van der Waals surface area contributed by atoms with E-state index in [-0.39, 0.29) is 5.15 Å². The Kier molecular flexibility index (Phi) is 2.72. The number of halogens is 1. The minimum Gasteiger partial charge on any atom is -0.192 e. The second kappa shape index (κ2) is 4.01. The van der Waals surface area contributed by atoms with Gasteiger partial charge in [-0.25, -0.2) is 0 Å². The molecule has 0 bridgehead atoms. The van der Waals surface area contributed by atoms with Crippen molar-refractivity contribution in [2.75, 3.05) is 0 Å². The lowest BCUT2D eigenvalue weighted by atomic mass is 10.1. The van der Waals surface area contributed by atoms with Crippen LogP contribution in [-0.2, 0) is 0 Å². The van der Waals surface area contributed by atoms with E-state index in [1.807, 2.05) is 31.2 Å². The number of benzene rings is 1. The normalized spacial score (nSPS) is 9.93. The molecule has 0 spiro atoms. The minimum absolute atomic E-state index is 0.290. The van der Waals surface area contributed by atoms with Crippen molar-refractivity contribution in [1.82, 2.24) is 4.37 Å². The van der Waals surface area contributed by atoms with E-state index in [1.54, 1.807) is 0 Å². The highest BCUT2D eigenvalue weighted by molar-refractivity contribution is 7.10. The lowest BCUT2D eigenvalue weighted by Gasteiger charge is -1.97. The average molecular weight is 235 g/mol. The molecule has 0 aliphatic carbocycles. The molecule has 0 atom stereocenters. The number of aromatic nitrogens is 1. The van der Waals surface area contributed by atoms with Gasteiger partial charge in [0.25, 0.3) is 0 Å². The molecule has 0 saturated heterocycles. The van der Waals surface area contributed by atoms with Gasteiger partial charge in [0.1, 0.15) is 11.6 Å². The van der Waals surface area contributed by atoms with E-state index in [1.165, 1.54) is 17.1 Å². The van der Waals surface area contributed by atoms with Crippen LogP contribution in [0.1, 0.15) is 11.1 Å². The zero-order valence-electron chi connectivity index (χ0n) is 7.99. The van der Waals surface area contributed by atoms with Crippen LogP contribution in [0.2, 0.25) is 5.15 Å². The van der Waals surface area contributed by atoms with E-state index in [0.29, 0.717) is 5.56 Å². The van der Waals surface area contributed by atoms with Gasteiger partial charge in [0.2, 0.25) is 0 Å². The van der Waals surface area contributed by atoms with Gasteiger partial charge in [-0.2, -0.15) is 9.64 Å². The maximum Gasteiger partial charge on any atom is 0.161 e. The third-order valence-corrected chi connectivity index (χ3v) is 3.35. The largest absolute Gasteiger partial charge is 0.192 e. The summed E-state index contributed by atoms with van der Waals surface area (Å²) in [5, 5.41) is 9.23. The van der Waals surface area contributed by atoms with Crippen LogP contribution >= 0.6 is 23.1 Å². The van der Waals surface area contributed by atoms with Crippen LogP contribution in [0.15, 0.2) is 24.3 Å². The lowest BCUT2D eigenvalue weighted by molar-refractivity contribution is 1.46. The van der Waals surface area contributed by atoms with Gasteiger partial charge in [-0.1, -0.05) is 41.4 Å². The number of nitriles is 1. The van der Waals surface area contributed by atoms with Crippen LogP contribution in [0.5, 0.6) is 0 Å². The summed E-state index contributed by atoms with van der Waals surface area (Å²) < 4.78 is 3.97. The van der Waals surface area contributed by atoms with Gasteiger partial charge in [-0.05, 0) is 24.0 Å². The molecule has 0 saturated carbocycles. The Morgan fingerprint density at radius 1 is 1.33 bits per heavy atom. The molecule has 15 heavy (non-hydrogen) atoms. The molecule has 1 aromatic heterocycles. The molecule has 0 radical (unpaired) electrons. The average Bonchev–Trinajstić information content (AvgIpc) is 2.61. The maximum absolute atomic E-state index is 8.94. The Balaban J connectivity index is 2.55. The van der Waals surface area contributed by atoms with Gasteiger partial charge >= 0.3 is 0 Å². The molecule has 2 nitrogen and oxygen atoms in total. The van der Waals surface area contributed by atoms with Crippen LogP contribution in [0, 0.1) is 18.3 Å². The summed E-state index contributed by atoms with van der Waals surface area (Å²) in [7, 11) is 0. The SMILES string of the molecule is Cc1ccc(-c2snc(Cl)c2C#N)cc1. The third-order valence-electron chi connectivity index (χ3n) is 2.08. The van der Waals surface area contributed by atoms with Crippen LogP contribution in [-0.4, -0.2) is 4.37 Å². The first kappa shape index (κ1) is 10.2. The summed E-state index contributed by atoms with van der Waals surface area (Å²) in [6.45, 7) is 2.02. The fourth-order valence-electron chi connectivity index (χ4n) is 1.27. The number of nitrogens with zero attached hydrogens (tertiary/aromatic N) is 2. The van der Waals surface area contributed by atoms with Crippen molar-refractivity contribution in [3.8, 4) is 16.5 Å². The van der Waals surface area contributed by atoms with E-state index in [4.69, 9.17) is 16.9 Å². The summed E-state index contributed by atoms with van der Waals surface area (Å²) in [4.78, 5) is 0.836. The molecule has 74 valence electrons. The molecule has 0 unspecified atom stereocenters. The molecular formula is C11H7ClN2S. The molecule has 0 amide bonds. The zero-order valence-corrected chi connectivity index (χ0v) is 9.56. The van der Waals surface area contributed by atoms with Crippen molar-refractivity contribution in [1.29, 1.82) is 5.26 Å². The summed E-state index contributed by atoms with van der Waals surface area (Å²) in [5.41, 5.74) is 2.64. The molecule has 0 aliphatic heterocycles. The van der Waals surface area contributed by atoms with E-state index in [0.717, 1.165) is 10.4 Å². The molecule has 1 heterocycles. The molecule has 4 heteroatoms. The van der Waals surface area contributed by atoms with E-state index in [2.05, 4.69) is 10.4 Å². The molecule has 0 aliphatic rings. The summed E-state index contributed by atoms with van der Waals surface area (Å²) in [6.07, 6.45) is 0. The van der Waals surface area contributed by atoms with Gasteiger partial charge in [0.15, 0.2) is 5.15 Å². The monoisotopic (exact) mass is 234 g/mol. The molecule has 2 aromatic rings. The Hall–Kier alpha value is -1.37. The van der Waals surface area contributed by atoms with Crippen LogP contribution in [0.25, 0.3) is 10.4 Å². The van der Waals surface area contributed by atoms with Crippen molar-refractivity contribution < 1.29 is 0 Å². The van der Waals surface area contributed by atoms with Crippen molar-refractivity contribution in [3.05, 3.63) is 40.5 Å². The topological polar surface area (TPSA) is 36.7 Å². The predicted octanol–water partition coefficient (Wildman–Crippen LogP) is 3.64. The van der Waals surface area contributed by atoms with Gasteiger partial charge in [-0.3, -0.25) is 0 Å². The summed E-state index contributed by atoms with van der Waals surface area (Å²) in [5.74, 6) is 0. The Labute approximate surface area is 96.9 Å². The quantitative estimate of drug-likeness (QED) is 0.755. The second-order valence-electron chi connectivity index (χ2n) is 3.16. The van der Waals surface area contributed by atoms with Crippen molar-refractivity contribution in [3.63, 3.8) is 0 Å². The molecule has 2 rings (SSSR count). The Morgan fingerprint density at radius 2 is 2.00 bits per heavy atom. The fourth-order valence-corrected chi connectivity index (χ4v) is 2.30. The molecular weight excluding hydrogens is 228 g/mol. The predicted molar refractivity (Wildman–Crippen MR) is 62.0 cm³/mol. The number of hydrogen-bond donors (Lipinski definition) is 0. The van der Waals surface area contributed by atoms with Crippen LogP contribution in [0.3, 0.4) is 0 Å². The van der Waals surface area contributed by atoms with Crippen molar-refractivity contribution >= 4 is 23.1 Å². The second-order valence-corrected chi connectivity index (χ2v) is 4.29. The molecule has 1 aromatic carbocycles. The van der Waals surface area contributed by atoms with E-state index < -0.39 is 0 Å². The number of rotatable bonds is 1. The van der Waals surface area contributed by atoms with Gasteiger partial charge in [0.05, 0.1) is 4.88 Å². The van der Waals surface area contributed by atoms with E-state index >= 15 is 0 Å². The van der Waals surface area contributed by atoms with Crippen LogP contribution < -0.4 is 0 Å². The Bertz CT molecular complexity index is 523. The maximum atomic E-state index is 8.94. The standard InChI is InChI=1S/C11H7ClN2S/c1-7-2-4-8(5-3-7)10-9(6-13)11(12)14-15-10/h2-5H,1H3. The van der Waals surface area contributed by atoms with Crippen molar-refractivity contribution in [2.45, 2.75) is 6.92 Å².